The van der Waals surface area contributed by atoms with Gasteiger partial charge in [-0.2, -0.15) is 0 Å². The van der Waals surface area contributed by atoms with Crippen LogP contribution >= 0.6 is 34.5 Å². The van der Waals surface area contributed by atoms with E-state index in [0.29, 0.717) is 16.0 Å². The maximum Gasteiger partial charge on any atom is 0.201 e. The highest BCUT2D eigenvalue weighted by molar-refractivity contribution is 7.09. The van der Waals surface area contributed by atoms with Crippen LogP contribution in [0.5, 0.6) is 0 Å². The number of hydrogen-bond acceptors (Lipinski definition) is 4. The fourth-order valence-electron chi connectivity index (χ4n) is 2.30. The molecule has 2 heterocycles. The predicted octanol–water partition coefficient (Wildman–Crippen LogP) is 4.38. The number of imidazole rings is 1. The number of fused-ring (bicyclic) bond motifs is 1. The highest BCUT2D eigenvalue weighted by atomic mass is 35.5. The van der Waals surface area contributed by atoms with E-state index < -0.39 is 0 Å². The Balaban J connectivity index is 2.24. The SMILES string of the molecule is CCC(c1nccs1)n1c(N)nc2cc(Cl)c(Cl)cc21. The zero-order valence-corrected chi connectivity index (χ0v) is 13.0. The zero-order chi connectivity index (χ0) is 14.3. The average Bonchev–Trinajstić information content (AvgIpc) is 3.02. The van der Waals surface area contributed by atoms with Crippen LogP contribution in [0.25, 0.3) is 11.0 Å². The number of aromatic nitrogens is 3. The van der Waals surface area contributed by atoms with Gasteiger partial charge in [0, 0.05) is 11.6 Å². The lowest BCUT2D eigenvalue weighted by Crippen LogP contribution is -2.12. The number of anilines is 1. The van der Waals surface area contributed by atoms with Crippen molar-refractivity contribution < 1.29 is 0 Å². The molecular weight excluding hydrogens is 315 g/mol. The highest BCUT2D eigenvalue weighted by Crippen LogP contribution is 2.34. The van der Waals surface area contributed by atoms with Gasteiger partial charge in [0.25, 0.3) is 0 Å². The van der Waals surface area contributed by atoms with Crippen LogP contribution in [-0.4, -0.2) is 14.5 Å². The Labute approximate surface area is 130 Å². The molecule has 4 nitrogen and oxygen atoms in total. The van der Waals surface area contributed by atoms with Crippen molar-refractivity contribution in [3.8, 4) is 0 Å². The summed E-state index contributed by atoms with van der Waals surface area (Å²) in [5, 5.41) is 3.93. The van der Waals surface area contributed by atoms with Crippen molar-refractivity contribution in [3.63, 3.8) is 0 Å². The van der Waals surface area contributed by atoms with Gasteiger partial charge in [0.2, 0.25) is 5.95 Å². The molecule has 0 fully saturated rings. The highest BCUT2D eigenvalue weighted by Gasteiger charge is 2.21. The van der Waals surface area contributed by atoms with Gasteiger partial charge in [0.05, 0.1) is 27.1 Å². The summed E-state index contributed by atoms with van der Waals surface area (Å²) in [6.45, 7) is 2.09. The first kappa shape index (κ1) is 13.7. The molecule has 20 heavy (non-hydrogen) atoms. The van der Waals surface area contributed by atoms with E-state index in [1.54, 1.807) is 29.7 Å². The van der Waals surface area contributed by atoms with Crippen LogP contribution in [0.2, 0.25) is 10.0 Å². The van der Waals surface area contributed by atoms with Crippen LogP contribution in [0.1, 0.15) is 24.4 Å². The van der Waals surface area contributed by atoms with Crippen LogP contribution in [0, 0.1) is 0 Å². The lowest BCUT2D eigenvalue weighted by molar-refractivity contribution is 0.585. The van der Waals surface area contributed by atoms with Crippen molar-refractivity contribution in [1.29, 1.82) is 0 Å². The smallest absolute Gasteiger partial charge is 0.201 e. The van der Waals surface area contributed by atoms with Gasteiger partial charge >= 0.3 is 0 Å². The minimum absolute atomic E-state index is 0.0530. The van der Waals surface area contributed by atoms with Crippen LogP contribution < -0.4 is 5.73 Å². The van der Waals surface area contributed by atoms with E-state index >= 15 is 0 Å². The van der Waals surface area contributed by atoms with Crippen molar-refractivity contribution in [2.24, 2.45) is 0 Å². The Hall–Kier alpha value is -1.30. The molecule has 0 amide bonds. The van der Waals surface area contributed by atoms with E-state index in [-0.39, 0.29) is 6.04 Å². The molecule has 0 bridgehead atoms. The Bertz CT molecular complexity index is 751. The topological polar surface area (TPSA) is 56.7 Å². The average molecular weight is 327 g/mol. The number of benzene rings is 1. The zero-order valence-electron chi connectivity index (χ0n) is 10.7. The molecule has 1 aromatic carbocycles. The molecule has 7 heteroatoms. The Morgan fingerprint density at radius 2 is 2.10 bits per heavy atom. The molecule has 0 spiro atoms. The summed E-state index contributed by atoms with van der Waals surface area (Å²) in [7, 11) is 0. The van der Waals surface area contributed by atoms with Gasteiger partial charge in [-0.05, 0) is 18.6 Å². The summed E-state index contributed by atoms with van der Waals surface area (Å²) in [6.07, 6.45) is 2.66. The third kappa shape index (κ3) is 2.16. The summed E-state index contributed by atoms with van der Waals surface area (Å²) in [6, 6.07) is 3.59. The number of nitrogens with two attached hydrogens (primary N) is 1. The number of hydrogen-bond donors (Lipinski definition) is 1. The molecule has 1 atom stereocenters. The van der Waals surface area contributed by atoms with Crippen LogP contribution in [0.3, 0.4) is 0 Å². The van der Waals surface area contributed by atoms with E-state index in [9.17, 15) is 0 Å². The number of nitrogens with zero attached hydrogens (tertiary/aromatic N) is 3. The number of thiazole rings is 1. The fourth-order valence-corrected chi connectivity index (χ4v) is 3.43. The molecule has 3 aromatic rings. The summed E-state index contributed by atoms with van der Waals surface area (Å²) < 4.78 is 1.97. The molecule has 0 saturated carbocycles. The first-order chi connectivity index (χ1) is 9.61. The van der Waals surface area contributed by atoms with Crippen molar-refractivity contribution in [3.05, 3.63) is 38.8 Å². The Morgan fingerprint density at radius 3 is 2.75 bits per heavy atom. The van der Waals surface area contributed by atoms with E-state index in [4.69, 9.17) is 28.9 Å². The molecular formula is C13H12Cl2N4S. The van der Waals surface area contributed by atoms with Crippen molar-refractivity contribution in [1.82, 2.24) is 14.5 Å². The van der Waals surface area contributed by atoms with Gasteiger partial charge in [-0.1, -0.05) is 30.1 Å². The molecule has 0 aliphatic carbocycles. The largest absolute Gasteiger partial charge is 0.369 e. The second-order valence-electron chi connectivity index (χ2n) is 4.39. The van der Waals surface area contributed by atoms with Crippen molar-refractivity contribution in [2.75, 3.05) is 5.73 Å². The predicted molar refractivity (Wildman–Crippen MR) is 84.7 cm³/mol. The minimum Gasteiger partial charge on any atom is -0.369 e. The second kappa shape index (κ2) is 5.24. The summed E-state index contributed by atoms with van der Waals surface area (Å²) in [5.41, 5.74) is 7.70. The van der Waals surface area contributed by atoms with Gasteiger partial charge in [-0.3, -0.25) is 0 Å². The lowest BCUT2D eigenvalue weighted by Gasteiger charge is -2.16. The van der Waals surface area contributed by atoms with Crippen molar-refractivity contribution in [2.45, 2.75) is 19.4 Å². The summed E-state index contributed by atoms with van der Waals surface area (Å²) in [4.78, 5) is 8.75. The maximum atomic E-state index is 6.11. The summed E-state index contributed by atoms with van der Waals surface area (Å²) in [5.74, 6) is 0.445. The first-order valence-electron chi connectivity index (χ1n) is 6.13. The first-order valence-corrected chi connectivity index (χ1v) is 7.77. The van der Waals surface area contributed by atoms with E-state index in [1.165, 1.54) is 0 Å². The lowest BCUT2D eigenvalue weighted by atomic mass is 10.2. The molecule has 3 rings (SSSR count). The molecule has 0 aliphatic heterocycles. The van der Waals surface area contributed by atoms with Crippen LogP contribution in [0.4, 0.5) is 5.95 Å². The fraction of sp³-hybridized carbons (Fsp3) is 0.231. The third-order valence-electron chi connectivity index (χ3n) is 3.19. The molecule has 0 aliphatic rings. The molecule has 1 unspecified atom stereocenters. The quantitative estimate of drug-likeness (QED) is 0.776. The molecule has 2 N–H and O–H groups in total. The van der Waals surface area contributed by atoms with E-state index in [0.717, 1.165) is 22.5 Å². The second-order valence-corrected chi connectivity index (χ2v) is 6.13. The van der Waals surface area contributed by atoms with E-state index in [2.05, 4.69) is 16.9 Å². The molecule has 0 radical (unpaired) electrons. The van der Waals surface area contributed by atoms with E-state index in [1.807, 2.05) is 9.95 Å². The number of halogens is 2. The molecule has 2 aromatic heterocycles. The molecule has 104 valence electrons. The molecule has 0 saturated heterocycles. The van der Waals surface area contributed by atoms with Crippen LogP contribution in [-0.2, 0) is 0 Å². The normalized spacial score (nSPS) is 12.9. The minimum atomic E-state index is 0.0530. The maximum absolute atomic E-state index is 6.11. The van der Waals surface area contributed by atoms with Gasteiger partial charge < -0.3 is 10.3 Å². The number of nitrogen functional groups attached to an aromatic ring is 1. The Morgan fingerprint density at radius 1 is 1.35 bits per heavy atom. The van der Waals surface area contributed by atoms with Gasteiger partial charge in [0.15, 0.2) is 0 Å². The van der Waals surface area contributed by atoms with Gasteiger partial charge in [-0.15, -0.1) is 11.3 Å². The summed E-state index contributed by atoms with van der Waals surface area (Å²) >= 11 is 13.7. The van der Waals surface area contributed by atoms with Crippen molar-refractivity contribution >= 4 is 51.5 Å². The third-order valence-corrected chi connectivity index (χ3v) is 4.79. The van der Waals surface area contributed by atoms with Crippen LogP contribution in [0.15, 0.2) is 23.7 Å². The Kier molecular flexibility index (Phi) is 3.58. The van der Waals surface area contributed by atoms with Gasteiger partial charge in [-0.25, -0.2) is 9.97 Å². The standard InChI is InChI=1S/C13H12Cl2N4S/c1-2-10(12-17-3-4-20-12)19-11-6-8(15)7(14)5-9(11)18-13(19)16/h3-6,10H,2H2,1H3,(H2,16,18). The van der Waals surface area contributed by atoms with Gasteiger partial charge in [0.1, 0.15) is 5.01 Å². The monoisotopic (exact) mass is 326 g/mol. The number of rotatable bonds is 3.